The second-order valence-corrected chi connectivity index (χ2v) is 8.14. The summed E-state index contributed by atoms with van der Waals surface area (Å²) in [5.41, 5.74) is 4.15. The molecule has 146 valence electrons. The maximum absolute atomic E-state index is 13.0. The van der Waals surface area contributed by atoms with Gasteiger partial charge in [-0.3, -0.25) is 9.69 Å². The standard InChI is InChI=1S/C23H20N2O2S2/c1-3-24-17(9-8-16-6-4-5-7-20(16)24)12-15-21-22(26)25(23(28)29-21)18-10-13-19(27-2)14-11-18/h4-15H,3H2,1-2H3/b17-12-,21-15-. The van der Waals surface area contributed by atoms with Gasteiger partial charge < -0.3 is 9.64 Å². The van der Waals surface area contributed by atoms with Gasteiger partial charge in [-0.2, -0.15) is 0 Å². The molecule has 0 radical (unpaired) electrons. The van der Waals surface area contributed by atoms with Gasteiger partial charge in [0.2, 0.25) is 0 Å². The van der Waals surface area contributed by atoms with E-state index in [-0.39, 0.29) is 5.91 Å². The highest BCUT2D eigenvalue weighted by Crippen LogP contribution is 2.36. The number of thiocarbonyl (C=S) groups is 1. The molecule has 2 aliphatic rings. The Balaban J connectivity index is 1.60. The zero-order chi connectivity index (χ0) is 20.4. The van der Waals surface area contributed by atoms with Gasteiger partial charge in [0, 0.05) is 17.9 Å². The molecule has 1 amide bonds. The van der Waals surface area contributed by atoms with Crippen LogP contribution in [0.15, 0.2) is 77.4 Å². The Bertz CT molecular complexity index is 1050. The maximum Gasteiger partial charge on any atom is 0.270 e. The summed E-state index contributed by atoms with van der Waals surface area (Å²) >= 11 is 6.78. The van der Waals surface area contributed by atoms with Crippen LogP contribution in [0.5, 0.6) is 5.75 Å². The van der Waals surface area contributed by atoms with Crippen LogP contribution in [0.1, 0.15) is 12.5 Å². The molecule has 0 bridgehead atoms. The number of likely N-dealkylation sites (N-methyl/N-ethyl adjacent to an activating group) is 1. The number of hydrogen-bond donors (Lipinski definition) is 0. The summed E-state index contributed by atoms with van der Waals surface area (Å²) in [4.78, 5) is 17.4. The molecule has 1 fully saturated rings. The number of nitrogens with zero attached hydrogens (tertiary/aromatic N) is 2. The number of benzene rings is 2. The third kappa shape index (κ3) is 3.73. The van der Waals surface area contributed by atoms with Crippen LogP contribution < -0.4 is 14.5 Å². The highest BCUT2D eigenvalue weighted by molar-refractivity contribution is 8.27. The molecule has 4 rings (SSSR count). The number of carbonyl (C=O) groups is 1. The first kappa shape index (κ1) is 19.5. The molecule has 4 nitrogen and oxygen atoms in total. The Hall–Kier alpha value is -2.83. The van der Waals surface area contributed by atoms with E-state index in [0.29, 0.717) is 9.23 Å². The molecule has 0 saturated carbocycles. The largest absolute Gasteiger partial charge is 0.497 e. The lowest BCUT2D eigenvalue weighted by Gasteiger charge is -2.29. The van der Waals surface area contributed by atoms with Gasteiger partial charge in [-0.1, -0.05) is 48.3 Å². The molecule has 2 aromatic rings. The molecular weight excluding hydrogens is 400 g/mol. The van der Waals surface area contributed by atoms with Gasteiger partial charge in [0.05, 0.1) is 17.7 Å². The predicted molar refractivity (Wildman–Crippen MR) is 125 cm³/mol. The van der Waals surface area contributed by atoms with Crippen molar-refractivity contribution < 1.29 is 9.53 Å². The van der Waals surface area contributed by atoms with Crippen molar-refractivity contribution in [3.8, 4) is 5.75 Å². The van der Waals surface area contributed by atoms with Crippen LogP contribution in [-0.4, -0.2) is 23.9 Å². The summed E-state index contributed by atoms with van der Waals surface area (Å²) in [6, 6.07) is 15.6. The lowest BCUT2D eigenvalue weighted by Crippen LogP contribution is -2.27. The first-order valence-electron chi connectivity index (χ1n) is 9.29. The van der Waals surface area contributed by atoms with Crippen LogP contribution in [0, 0.1) is 0 Å². The van der Waals surface area contributed by atoms with Crippen LogP contribution in [-0.2, 0) is 4.79 Å². The number of hydrogen-bond acceptors (Lipinski definition) is 5. The normalized spacial score (nSPS) is 18.7. The Morgan fingerprint density at radius 2 is 1.83 bits per heavy atom. The van der Waals surface area contributed by atoms with E-state index < -0.39 is 0 Å². The van der Waals surface area contributed by atoms with Crippen molar-refractivity contribution >= 4 is 51.7 Å². The summed E-state index contributed by atoms with van der Waals surface area (Å²) in [6.45, 7) is 2.96. The molecule has 6 heteroatoms. The Morgan fingerprint density at radius 3 is 2.55 bits per heavy atom. The van der Waals surface area contributed by atoms with E-state index in [0.717, 1.165) is 23.7 Å². The van der Waals surface area contributed by atoms with Gasteiger partial charge in [0.1, 0.15) is 5.75 Å². The first-order chi connectivity index (χ1) is 14.1. The molecule has 1 saturated heterocycles. The maximum atomic E-state index is 13.0. The number of ether oxygens (including phenoxy) is 1. The van der Waals surface area contributed by atoms with Crippen LogP contribution >= 0.6 is 24.0 Å². The highest BCUT2D eigenvalue weighted by Gasteiger charge is 2.33. The molecule has 2 heterocycles. The van der Waals surface area contributed by atoms with Gasteiger partial charge in [0.15, 0.2) is 4.32 Å². The molecule has 0 unspecified atom stereocenters. The smallest absolute Gasteiger partial charge is 0.270 e. The Morgan fingerprint density at radius 1 is 1.07 bits per heavy atom. The SMILES string of the molecule is CCN1/C(=C\C=C2/SC(=S)N(c3ccc(OC)cc3)C2=O)C=Cc2ccccc21. The zero-order valence-electron chi connectivity index (χ0n) is 16.2. The average molecular weight is 421 g/mol. The summed E-state index contributed by atoms with van der Waals surface area (Å²) < 4.78 is 5.72. The van der Waals surface area contributed by atoms with Crippen molar-refractivity contribution in [3.63, 3.8) is 0 Å². The van der Waals surface area contributed by atoms with E-state index in [2.05, 4.69) is 36.1 Å². The fourth-order valence-corrected chi connectivity index (χ4v) is 4.61. The first-order valence-corrected chi connectivity index (χ1v) is 10.5. The van der Waals surface area contributed by atoms with Gasteiger partial charge in [-0.25, -0.2) is 0 Å². The second kappa shape index (κ2) is 8.27. The molecule has 0 N–H and O–H groups in total. The van der Waals surface area contributed by atoms with E-state index in [1.807, 2.05) is 48.6 Å². The molecule has 0 aromatic heterocycles. The molecule has 2 aliphatic heterocycles. The van der Waals surface area contributed by atoms with Gasteiger partial charge in [-0.15, -0.1) is 0 Å². The molecule has 0 atom stereocenters. The summed E-state index contributed by atoms with van der Waals surface area (Å²) in [5.74, 6) is 0.633. The number of methoxy groups -OCH3 is 1. The van der Waals surface area contributed by atoms with Crippen molar-refractivity contribution in [1.82, 2.24) is 0 Å². The quantitative estimate of drug-likeness (QED) is 0.490. The number of allylic oxidation sites excluding steroid dienone is 3. The fraction of sp³-hybridized carbons (Fsp3) is 0.130. The monoisotopic (exact) mass is 420 g/mol. The van der Waals surface area contributed by atoms with Crippen LogP contribution in [0.4, 0.5) is 11.4 Å². The molecule has 29 heavy (non-hydrogen) atoms. The average Bonchev–Trinajstić information content (AvgIpc) is 3.04. The predicted octanol–water partition coefficient (Wildman–Crippen LogP) is 5.38. The number of carbonyl (C=O) groups excluding carboxylic acids is 1. The zero-order valence-corrected chi connectivity index (χ0v) is 17.8. The van der Waals surface area contributed by atoms with Crippen molar-refractivity contribution in [1.29, 1.82) is 0 Å². The number of rotatable bonds is 4. The summed E-state index contributed by atoms with van der Waals surface area (Å²) in [7, 11) is 1.61. The molecule has 0 spiro atoms. The van der Waals surface area contributed by atoms with E-state index in [1.165, 1.54) is 23.0 Å². The van der Waals surface area contributed by atoms with Gasteiger partial charge in [-0.05, 0) is 61.0 Å². The van der Waals surface area contributed by atoms with Crippen molar-refractivity contribution in [2.45, 2.75) is 6.92 Å². The molecular formula is C23H20N2O2S2. The minimum absolute atomic E-state index is 0.106. The second-order valence-electron chi connectivity index (χ2n) is 6.47. The van der Waals surface area contributed by atoms with Crippen LogP contribution in [0.25, 0.3) is 6.08 Å². The molecule has 2 aromatic carbocycles. The van der Waals surface area contributed by atoms with Gasteiger partial charge in [0.25, 0.3) is 5.91 Å². The van der Waals surface area contributed by atoms with E-state index in [4.69, 9.17) is 17.0 Å². The lowest BCUT2D eigenvalue weighted by molar-refractivity contribution is -0.113. The number of fused-ring (bicyclic) bond motifs is 1. The topological polar surface area (TPSA) is 32.8 Å². The number of amides is 1. The Kier molecular flexibility index (Phi) is 5.56. The fourth-order valence-electron chi connectivity index (χ4n) is 3.37. The number of para-hydroxylation sites is 1. The van der Waals surface area contributed by atoms with E-state index in [9.17, 15) is 4.79 Å². The minimum Gasteiger partial charge on any atom is -0.497 e. The highest BCUT2D eigenvalue weighted by atomic mass is 32.2. The third-order valence-corrected chi connectivity index (χ3v) is 6.14. The van der Waals surface area contributed by atoms with Crippen LogP contribution in [0.2, 0.25) is 0 Å². The Labute approximate surface area is 180 Å². The third-order valence-electron chi connectivity index (χ3n) is 4.82. The van der Waals surface area contributed by atoms with Crippen molar-refractivity contribution in [2.75, 3.05) is 23.5 Å². The van der Waals surface area contributed by atoms with E-state index >= 15 is 0 Å². The number of anilines is 2. The minimum atomic E-state index is -0.106. The van der Waals surface area contributed by atoms with Crippen molar-refractivity contribution in [3.05, 3.63) is 82.9 Å². The van der Waals surface area contributed by atoms with E-state index in [1.54, 1.807) is 12.0 Å². The van der Waals surface area contributed by atoms with Gasteiger partial charge >= 0.3 is 0 Å². The van der Waals surface area contributed by atoms with Crippen molar-refractivity contribution in [2.24, 2.45) is 0 Å². The number of thioether (sulfide) groups is 1. The lowest BCUT2D eigenvalue weighted by atomic mass is 10.1. The summed E-state index contributed by atoms with van der Waals surface area (Å²) in [6.07, 6.45) is 8.02. The van der Waals surface area contributed by atoms with Crippen LogP contribution in [0.3, 0.4) is 0 Å². The molecule has 0 aliphatic carbocycles. The summed E-state index contributed by atoms with van der Waals surface area (Å²) in [5, 5.41) is 0.